The molecule has 0 unspecified atom stereocenters. The molecular weight excluding hydrogens is 391 g/mol. The molecule has 0 fully saturated rings. The monoisotopic (exact) mass is 406 g/mol. The van der Waals surface area contributed by atoms with E-state index in [1.807, 2.05) is 41.9 Å². The summed E-state index contributed by atoms with van der Waals surface area (Å²) < 4.78 is 1.90. The molecule has 0 radical (unpaired) electrons. The van der Waals surface area contributed by atoms with E-state index in [9.17, 15) is 4.79 Å². The average molecular weight is 407 g/mol. The van der Waals surface area contributed by atoms with Crippen LogP contribution in [0.15, 0.2) is 53.7 Å². The summed E-state index contributed by atoms with van der Waals surface area (Å²) in [6.07, 6.45) is 0.692. The van der Waals surface area contributed by atoms with E-state index in [2.05, 4.69) is 15.5 Å². The third kappa shape index (κ3) is 4.78. The number of hydrogen-bond acceptors (Lipinski definition) is 4. The zero-order valence-electron chi connectivity index (χ0n) is 13.9. The highest BCUT2D eigenvalue weighted by Crippen LogP contribution is 2.26. The molecule has 2 aromatic carbocycles. The third-order valence-electron chi connectivity index (χ3n) is 3.67. The van der Waals surface area contributed by atoms with Gasteiger partial charge in [-0.2, -0.15) is 0 Å². The van der Waals surface area contributed by atoms with Crippen LogP contribution in [0.4, 0.5) is 5.69 Å². The molecule has 5 nitrogen and oxygen atoms in total. The van der Waals surface area contributed by atoms with Crippen LogP contribution in [-0.2, 0) is 18.3 Å². The van der Waals surface area contributed by atoms with E-state index in [4.69, 9.17) is 23.2 Å². The number of nitrogens with one attached hydrogen (secondary N) is 1. The molecule has 0 aliphatic rings. The fourth-order valence-corrected chi connectivity index (χ4v) is 3.50. The normalized spacial score (nSPS) is 10.7. The molecule has 3 aromatic rings. The molecule has 1 heterocycles. The zero-order chi connectivity index (χ0) is 18.5. The fourth-order valence-electron chi connectivity index (χ4n) is 2.31. The minimum atomic E-state index is -0.174. The number of nitrogens with zero attached hydrogens (tertiary/aromatic N) is 3. The van der Waals surface area contributed by atoms with Gasteiger partial charge in [-0.25, -0.2) is 0 Å². The number of halogens is 2. The maximum absolute atomic E-state index is 12.2. The molecule has 0 saturated carbocycles. The summed E-state index contributed by atoms with van der Waals surface area (Å²) in [4.78, 5) is 12.2. The Morgan fingerprint density at radius 2 is 1.92 bits per heavy atom. The Bertz CT molecular complexity index is 915. The van der Waals surface area contributed by atoms with Crippen LogP contribution in [0, 0.1) is 0 Å². The lowest BCUT2D eigenvalue weighted by Crippen LogP contribution is -2.14. The van der Waals surface area contributed by atoms with Crippen molar-refractivity contribution in [2.45, 2.75) is 11.6 Å². The Morgan fingerprint density at radius 3 is 2.65 bits per heavy atom. The van der Waals surface area contributed by atoms with Crippen LogP contribution in [0.5, 0.6) is 0 Å². The zero-order valence-corrected chi connectivity index (χ0v) is 16.3. The van der Waals surface area contributed by atoms with E-state index in [0.29, 0.717) is 27.3 Å². The first kappa shape index (κ1) is 18.8. The molecule has 26 heavy (non-hydrogen) atoms. The van der Waals surface area contributed by atoms with E-state index in [-0.39, 0.29) is 11.7 Å². The van der Waals surface area contributed by atoms with Crippen LogP contribution < -0.4 is 5.32 Å². The highest BCUT2D eigenvalue weighted by Gasteiger charge is 2.13. The Morgan fingerprint density at radius 1 is 1.15 bits per heavy atom. The number of anilines is 1. The van der Waals surface area contributed by atoms with Crippen LogP contribution >= 0.6 is 35.0 Å². The van der Waals surface area contributed by atoms with E-state index in [1.54, 1.807) is 18.2 Å². The van der Waals surface area contributed by atoms with Crippen LogP contribution in [0.3, 0.4) is 0 Å². The highest BCUT2D eigenvalue weighted by molar-refractivity contribution is 7.99. The number of carbonyl (C=O) groups is 1. The molecule has 0 spiro atoms. The van der Waals surface area contributed by atoms with Crippen molar-refractivity contribution >= 4 is 46.6 Å². The number of thioether (sulfide) groups is 1. The van der Waals surface area contributed by atoms with Crippen molar-refractivity contribution < 1.29 is 4.79 Å². The van der Waals surface area contributed by atoms with Gasteiger partial charge < -0.3 is 9.88 Å². The predicted octanol–water partition coefficient (Wildman–Crippen LogP) is 4.44. The summed E-state index contributed by atoms with van der Waals surface area (Å²) in [6.45, 7) is 0. The predicted molar refractivity (Wildman–Crippen MR) is 106 cm³/mol. The molecule has 0 bridgehead atoms. The van der Waals surface area contributed by atoms with Crippen molar-refractivity contribution in [2.75, 3.05) is 11.1 Å². The quantitative estimate of drug-likeness (QED) is 0.614. The van der Waals surface area contributed by atoms with Gasteiger partial charge >= 0.3 is 0 Å². The van der Waals surface area contributed by atoms with Crippen molar-refractivity contribution in [3.63, 3.8) is 0 Å². The Kier molecular flexibility index (Phi) is 6.19. The molecule has 0 atom stereocenters. The van der Waals surface area contributed by atoms with Crippen molar-refractivity contribution in [3.05, 3.63) is 70.0 Å². The summed E-state index contributed by atoms with van der Waals surface area (Å²) in [5.74, 6) is 0.877. The first-order valence-electron chi connectivity index (χ1n) is 7.83. The molecule has 1 aromatic heterocycles. The standard InChI is InChI=1S/C18H16Cl2N4OS/c1-24-16(9-12-5-3-2-4-6-12)22-23-18(24)26-11-17(25)21-15-8-7-13(19)10-14(15)20/h2-8,10H,9,11H2,1H3,(H,21,25). The summed E-state index contributed by atoms with van der Waals surface area (Å²) >= 11 is 13.2. The van der Waals surface area contributed by atoms with Gasteiger partial charge in [-0.15, -0.1) is 10.2 Å². The summed E-state index contributed by atoms with van der Waals surface area (Å²) in [7, 11) is 1.90. The first-order chi connectivity index (χ1) is 12.5. The molecule has 0 saturated heterocycles. The summed E-state index contributed by atoms with van der Waals surface area (Å²) in [5, 5.41) is 12.8. The SMILES string of the molecule is Cn1c(Cc2ccccc2)nnc1SCC(=O)Nc1ccc(Cl)cc1Cl. The molecular formula is C18H16Cl2N4OS. The smallest absolute Gasteiger partial charge is 0.234 e. The van der Waals surface area contributed by atoms with E-state index >= 15 is 0 Å². The average Bonchev–Trinajstić information content (AvgIpc) is 2.96. The lowest BCUT2D eigenvalue weighted by molar-refractivity contribution is -0.113. The number of benzene rings is 2. The number of rotatable bonds is 6. The molecule has 134 valence electrons. The number of hydrogen-bond donors (Lipinski definition) is 1. The lowest BCUT2D eigenvalue weighted by atomic mass is 10.1. The maximum atomic E-state index is 12.2. The van der Waals surface area contributed by atoms with Crippen molar-refractivity contribution in [1.82, 2.24) is 14.8 Å². The van der Waals surface area contributed by atoms with E-state index in [0.717, 1.165) is 11.4 Å². The van der Waals surface area contributed by atoms with Crippen LogP contribution in [0.25, 0.3) is 0 Å². The van der Waals surface area contributed by atoms with E-state index in [1.165, 1.54) is 11.8 Å². The fraction of sp³-hybridized carbons (Fsp3) is 0.167. The van der Waals surface area contributed by atoms with Gasteiger partial charge in [-0.05, 0) is 23.8 Å². The first-order valence-corrected chi connectivity index (χ1v) is 9.57. The van der Waals surface area contributed by atoms with Gasteiger partial charge in [0.05, 0.1) is 16.5 Å². The number of aromatic nitrogens is 3. The molecule has 1 amide bonds. The van der Waals surface area contributed by atoms with Gasteiger partial charge in [-0.3, -0.25) is 4.79 Å². The van der Waals surface area contributed by atoms with E-state index < -0.39 is 0 Å². The van der Waals surface area contributed by atoms with Gasteiger partial charge in [-0.1, -0.05) is 65.3 Å². The number of carbonyl (C=O) groups excluding carboxylic acids is 1. The van der Waals surface area contributed by atoms with Gasteiger partial charge in [0.15, 0.2) is 5.16 Å². The topological polar surface area (TPSA) is 59.8 Å². The van der Waals surface area contributed by atoms with Crippen molar-refractivity contribution in [1.29, 1.82) is 0 Å². The molecule has 8 heteroatoms. The summed E-state index contributed by atoms with van der Waals surface area (Å²) in [6, 6.07) is 15.0. The molecule has 0 aliphatic carbocycles. The van der Waals surface area contributed by atoms with Crippen LogP contribution in [0.2, 0.25) is 10.0 Å². The van der Waals surface area contributed by atoms with Crippen molar-refractivity contribution in [3.8, 4) is 0 Å². The van der Waals surface area contributed by atoms with Gasteiger partial charge in [0.2, 0.25) is 5.91 Å². The molecule has 0 aliphatic heterocycles. The molecule has 1 N–H and O–H groups in total. The van der Waals surface area contributed by atoms with Crippen LogP contribution in [0.1, 0.15) is 11.4 Å². The summed E-state index contributed by atoms with van der Waals surface area (Å²) in [5.41, 5.74) is 1.69. The number of amides is 1. The second kappa shape index (κ2) is 8.58. The second-order valence-electron chi connectivity index (χ2n) is 5.58. The second-order valence-corrected chi connectivity index (χ2v) is 7.37. The minimum absolute atomic E-state index is 0.174. The minimum Gasteiger partial charge on any atom is -0.324 e. The van der Waals surface area contributed by atoms with Gasteiger partial charge in [0, 0.05) is 18.5 Å². The van der Waals surface area contributed by atoms with Gasteiger partial charge in [0.25, 0.3) is 0 Å². The third-order valence-corrected chi connectivity index (χ3v) is 5.24. The Balaban J connectivity index is 1.58. The Hall–Kier alpha value is -2.02. The maximum Gasteiger partial charge on any atom is 0.234 e. The highest BCUT2D eigenvalue weighted by atomic mass is 35.5. The van der Waals surface area contributed by atoms with Gasteiger partial charge in [0.1, 0.15) is 5.82 Å². The van der Waals surface area contributed by atoms with Crippen LogP contribution in [-0.4, -0.2) is 26.4 Å². The molecule has 3 rings (SSSR count). The largest absolute Gasteiger partial charge is 0.324 e. The van der Waals surface area contributed by atoms with Crippen molar-refractivity contribution in [2.24, 2.45) is 7.05 Å². The Labute approximate surface area is 165 Å². The lowest BCUT2D eigenvalue weighted by Gasteiger charge is -2.07.